The van der Waals surface area contributed by atoms with Crippen LogP contribution in [0.2, 0.25) is 0 Å². The minimum Gasteiger partial charge on any atom is -0.444 e. The van der Waals surface area contributed by atoms with Gasteiger partial charge in [-0.2, -0.15) is 0 Å². The summed E-state index contributed by atoms with van der Waals surface area (Å²) in [7, 11) is 0. The molecule has 0 radical (unpaired) electrons. The lowest BCUT2D eigenvalue weighted by molar-refractivity contribution is 0.0995. The van der Waals surface area contributed by atoms with Crippen LogP contribution in [0.15, 0.2) is 33.4 Å². The second-order valence-corrected chi connectivity index (χ2v) is 4.86. The average molecular weight is 309 g/mol. The monoisotopic (exact) mass is 308 g/mol. The number of anilines is 2. The predicted molar refractivity (Wildman–Crippen MR) is 74.7 cm³/mol. The standard InChI is InChI=1S/C13H13BrN2O2/c1-7-6-10(8(2)5-9(7)15)16-13(17)11-3-4-12(14)18-11/h3-6H,15H2,1-2H3,(H,16,17). The molecule has 0 saturated heterocycles. The van der Waals surface area contributed by atoms with E-state index in [9.17, 15) is 4.79 Å². The quantitative estimate of drug-likeness (QED) is 0.834. The molecule has 0 atom stereocenters. The van der Waals surface area contributed by atoms with Crippen LogP contribution in [0.3, 0.4) is 0 Å². The summed E-state index contributed by atoms with van der Waals surface area (Å²) in [5, 5.41) is 2.80. The Morgan fingerprint density at radius 1 is 1.28 bits per heavy atom. The topological polar surface area (TPSA) is 68.3 Å². The molecule has 0 saturated carbocycles. The lowest BCUT2D eigenvalue weighted by Gasteiger charge is -2.10. The van der Waals surface area contributed by atoms with E-state index in [0.717, 1.165) is 16.8 Å². The number of rotatable bonds is 2. The number of hydrogen-bond donors (Lipinski definition) is 2. The number of amides is 1. The molecular weight excluding hydrogens is 296 g/mol. The highest BCUT2D eigenvalue weighted by Gasteiger charge is 2.12. The van der Waals surface area contributed by atoms with Crippen LogP contribution in [-0.2, 0) is 0 Å². The van der Waals surface area contributed by atoms with Crippen LogP contribution in [0, 0.1) is 13.8 Å². The summed E-state index contributed by atoms with van der Waals surface area (Å²) in [4.78, 5) is 11.9. The van der Waals surface area contributed by atoms with Crippen molar-refractivity contribution in [3.8, 4) is 0 Å². The van der Waals surface area contributed by atoms with E-state index in [0.29, 0.717) is 10.4 Å². The summed E-state index contributed by atoms with van der Waals surface area (Å²) in [5.74, 6) is -0.0243. The first-order valence-electron chi connectivity index (χ1n) is 5.41. The molecule has 2 rings (SSSR count). The molecule has 0 aliphatic heterocycles. The molecule has 1 aromatic heterocycles. The summed E-state index contributed by atoms with van der Waals surface area (Å²) >= 11 is 3.16. The lowest BCUT2D eigenvalue weighted by Crippen LogP contribution is -2.12. The van der Waals surface area contributed by atoms with Gasteiger partial charge in [-0.25, -0.2) is 0 Å². The first kappa shape index (κ1) is 12.7. The Hall–Kier alpha value is -1.75. The third kappa shape index (κ3) is 2.56. The van der Waals surface area contributed by atoms with Crippen molar-refractivity contribution in [3.05, 3.63) is 45.8 Å². The normalized spacial score (nSPS) is 10.4. The molecule has 5 heteroatoms. The van der Waals surface area contributed by atoms with Crippen LogP contribution in [0.1, 0.15) is 21.7 Å². The Labute approximate surface area is 113 Å². The molecule has 0 unspecified atom stereocenters. The maximum Gasteiger partial charge on any atom is 0.291 e. The fourth-order valence-corrected chi connectivity index (χ4v) is 1.90. The second-order valence-electron chi connectivity index (χ2n) is 4.08. The summed E-state index contributed by atoms with van der Waals surface area (Å²) in [6.45, 7) is 3.79. The van der Waals surface area contributed by atoms with Gasteiger partial charge in [0.1, 0.15) is 0 Å². The number of nitrogens with one attached hydrogen (secondary N) is 1. The van der Waals surface area contributed by atoms with Gasteiger partial charge in [-0.1, -0.05) is 0 Å². The third-order valence-corrected chi connectivity index (χ3v) is 3.08. The first-order valence-corrected chi connectivity index (χ1v) is 6.20. The molecule has 0 bridgehead atoms. The fourth-order valence-electron chi connectivity index (χ4n) is 1.59. The van der Waals surface area contributed by atoms with Crippen LogP contribution in [-0.4, -0.2) is 5.91 Å². The molecule has 1 amide bonds. The van der Waals surface area contributed by atoms with Gasteiger partial charge >= 0.3 is 0 Å². The van der Waals surface area contributed by atoms with Crippen molar-refractivity contribution < 1.29 is 9.21 Å². The van der Waals surface area contributed by atoms with Crippen molar-refractivity contribution in [1.29, 1.82) is 0 Å². The number of hydrogen-bond acceptors (Lipinski definition) is 3. The maximum atomic E-state index is 11.9. The highest BCUT2D eigenvalue weighted by Crippen LogP contribution is 2.23. The van der Waals surface area contributed by atoms with Gasteiger partial charge < -0.3 is 15.5 Å². The van der Waals surface area contributed by atoms with E-state index in [1.54, 1.807) is 12.1 Å². The summed E-state index contributed by atoms with van der Waals surface area (Å²) in [5.41, 5.74) is 9.09. The molecule has 0 aliphatic carbocycles. The first-order chi connectivity index (χ1) is 8.47. The van der Waals surface area contributed by atoms with Gasteiger partial charge in [0.05, 0.1) is 0 Å². The molecule has 1 aromatic carbocycles. The molecule has 0 spiro atoms. The van der Waals surface area contributed by atoms with Gasteiger partial charge in [-0.05, 0) is 65.2 Å². The molecule has 0 fully saturated rings. The van der Waals surface area contributed by atoms with Crippen LogP contribution < -0.4 is 11.1 Å². The van der Waals surface area contributed by atoms with Gasteiger partial charge in [0.15, 0.2) is 10.4 Å². The number of halogens is 1. The predicted octanol–water partition coefficient (Wildman–Crippen LogP) is 3.49. The number of aryl methyl sites for hydroxylation is 2. The molecule has 0 aliphatic rings. The highest BCUT2D eigenvalue weighted by molar-refractivity contribution is 9.10. The van der Waals surface area contributed by atoms with Crippen molar-refractivity contribution in [2.75, 3.05) is 11.1 Å². The molecule has 1 heterocycles. The van der Waals surface area contributed by atoms with E-state index >= 15 is 0 Å². The maximum absolute atomic E-state index is 11.9. The smallest absolute Gasteiger partial charge is 0.291 e. The zero-order valence-electron chi connectivity index (χ0n) is 10.1. The second kappa shape index (κ2) is 4.86. The van der Waals surface area contributed by atoms with Crippen LogP contribution in [0.4, 0.5) is 11.4 Å². The fraction of sp³-hybridized carbons (Fsp3) is 0.154. The number of benzene rings is 1. The van der Waals surface area contributed by atoms with E-state index < -0.39 is 0 Å². The van der Waals surface area contributed by atoms with E-state index in [1.807, 2.05) is 26.0 Å². The summed E-state index contributed by atoms with van der Waals surface area (Å²) < 4.78 is 5.72. The van der Waals surface area contributed by atoms with Crippen LogP contribution in [0.5, 0.6) is 0 Å². The van der Waals surface area contributed by atoms with Crippen LogP contribution >= 0.6 is 15.9 Å². The zero-order valence-corrected chi connectivity index (χ0v) is 11.7. The van der Waals surface area contributed by atoms with E-state index in [2.05, 4.69) is 21.2 Å². The molecule has 2 aromatic rings. The minimum atomic E-state index is -0.284. The summed E-state index contributed by atoms with van der Waals surface area (Å²) in [6.07, 6.45) is 0. The van der Waals surface area contributed by atoms with Gasteiger partial charge in [0, 0.05) is 11.4 Å². The van der Waals surface area contributed by atoms with Gasteiger partial charge in [-0.3, -0.25) is 4.79 Å². The number of nitrogen functional groups attached to an aromatic ring is 1. The Morgan fingerprint density at radius 2 is 2.00 bits per heavy atom. The SMILES string of the molecule is Cc1cc(NC(=O)c2ccc(Br)o2)c(C)cc1N. The molecule has 18 heavy (non-hydrogen) atoms. The molecule has 94 valence electrons. The van der Waals surface area contributed by atoms with Crippen molar-refractivity contribution >= 4 is 33.2 Å². The Morgan fingerprint density at radius 3 is 2.61 bits per heavy atom. The van der Waals surface area contributed by atoms with Crippen molar-refractivity contribution in [2.45, 2.75) is 13.8 Å². The molecular formula is C13H13BrN2O2. The number of furan rings is 1. The summed E-state index contributed by atoms with van der Waals surface area (Å²) in [6, 6.07) is 6.97. The Bertz CT molecular complexity index is 605. The van der Waals surface area contributed by atoms with Crippen molar-refractivity contribution in [2.24, 2.45) is 0 Å². The van der Waals surface area contributed by atoms with Gasteiger partial charge in [0.25, 0.3) is 5.91 Å². The van der Waals surface area contributed by atoms with Crippen molar-refractivity contribution in [1.82, 2.24) is 0 Å². The number of nitrogens with two attached hydrogens (primary N) is 1. The molecule has 3 N–H and O–H groups in total. The minimum absolute atomic E-state index is 0.260. The number of carbonyl (C=O) groups excluding carboxylic acids is 1. The Balaban J connectivity index is 2.24. The largest absolute Gasteiger partial charge is 0.444 e. The van der Waals surface area contributed by atoms with Crippen LogP contribution in [0.25, 0.3) is 0 Å². The van der Waals surface area contributed by atoms with Crippen molar-refractivity contribution in [3.63, 3.8) is 0 Å². The number of carbonyl (C=O) groups is 1. The average Bonchev–Trinajstić information content (AvgIpc) is 2.73. The van der Waals surface area contributed by atoms with E-state index in [-0.39, 0.29) is 11.7 Å². The molecule has 4 nitrogen and oxygen atoms in total. The highest BCUT2D eigenvalue weighted by atomic mass is 79.9. The Kier molecular flexibility index (Phi) is 3.43. The third-order valence-electron chi connectivity index (χ3n) is 2.66. The lowest BCUT2D eigenvalue weighted by atomic mass is 10.1. The van der Waals surface area contributed by atoms with Gasteiger partial charge in [0.2, 0.25) is 0 Å². The van der Waals surface area contributed by atoms with Gasteiger partial charge in [-0.15, -0.1) is 0 Å². The van der Waals surface area contributed by atoms with E-state index in [4.69, 9.17) is 10.2 Å². The van der Waals surface area contributed by atoms with E-state index in [1.165, 1.54) is 0 Å². The zero-order chi connectivity index (χ0) is 13.3.